The zero-order chi connectivity index (χ0) is 15.3. The van der Waals surface area contributed by atoms with Gasteiger partial charge in [-0.25, -0.2) is 0 Å². The molecule has 0 unspecified atom stereocenters. The highest BCUT2D eigenvalue weighted by molar-refractivity contribution is 6.30. The number of carboxylic acid groups (broad SMARTS) is 1. The maximum atomic E-state index is 11.8. The lowest BCUT2D eigenvalue weighted by Gasteiger charge is -2.23. The molecule has 1 aliphatic carbocycles. The summed E-state index contributed by atoms with van der Waals surface area (Å²) >= 11 is 6.25. The van der Waals surface area contributed by atoms with Crippen LogP contribution in [0.4, 0.5) is 0 Å². The normalized spacial score (nSPS) is 28.3. The van der Waals surface area contributed by atoms with Gasteiger partial charge in [0.25, 0.3) is 0 Å². The first-order valence-corrected chi connectivity index (χ1v) is 8.09. The van der Waals surface area contributed by atoms with Gasteiger partial charge in [0.15, 0.2) is 5.22 Å². The third-order valence-corrected chi connectivity index (χ3v) is 5.70. The van der Waals surface area contributed by atoms with Crippen molar-refractivity contribution in [3.05, 3.63) is 35.0 Å². The summed E-state index contributed by atoms with van der Waals surface area (Å²) in [4.78, 5) is 14.0. The zero-order valence-electron chi connectivity index (χ0n) is 12.2. The largest absolute Gasteiger partial charge is 0.481 e. The van der Waals surface area contributed by atoms with E-state index in [9.17, 15) is 9.90 Å². The van der Waals surface area contributed by atoms with E-state index in [1.165, 1.54) is 0 Å². The summed E-state index contributed by atoms with van der Waals surface area (Å²) in [7, 11) is 0. The Hall–Kier alpha value is -1.52. The molecule has 5 heteroatoms. The molecule has 2 heterocycles. The van der Waals surface area contributed by atoms with E-state index in [-0.39, 0.29) is 5.92 Å². The first kappa shape index (κ1) is 14.1. The van der Waals surface area contributed by atoms with Gasteiger partial charge in [-0.3, -0.25) is 9.69 Å². The number of aliphatic carboxylic acids is 1. The molecular weight excluding hydrogens is 302 g/mol. The monoisotopic (exact) mass is 319 g/mol. The van der Waals surface area contributed by atoms with Gasteiger partial charge < -0.3 is 9.52 Å². The Morgan fingerprint density at radius 2 is 2.27 bits per heavy atom. The molecule has 1 aromatic carbocycles. The average molecular weight is 320 g/mol. The van der Waals surface area contributed by atoms with Crippen LogP contribution in [0.15, 0.2) is 28.7 Å². The van der Waals surface area contributed by atoms with Crippen LogP contribution in [0.1, 0.15) is 24.8 Å². The molecule has 1 aliphatic heterocycles. The van der Waals surface area contributed by atoms with Gasteiger partial charge in [0.1, 0.15) is 5.58 Å². The van der Waals surface area contributed by atoms with Gasteiger partial charge >= 0.3 is 5.97 Å². The number of hydrogen-bond acceptors (Lipinski definition) is 3. The first-order chi connectivity index (χ1) is 10.6. The van der Waals surface area contributed by atoms with Crippen molar-refractivity contribution < 1.29 is 14.3 Å². The number of fused-ring (bicyclic) bond motifs is 2. The molecule has 0 bridgehead atoms. The highest BCUT2D eigenvalue weighted by Gasteiger charge is 2.54. The minimum Gasteiger partial charge on any atom is -0.481 e. The first-order valence-electron chi connectivity index (χ1n) is 7.72. The second kappa shape index (κ2) is 5.00. The molecule has 4 rings (SSSR count). The average Bonchev–Trinajstić information content (AvgIpc) is 3.11. The van der Waals surface area contributed by atoms with Crippen molar-refractivity contribution in [2.24, 2.45) is 11.3 Å². The van der Waals surface area contributed by atoms with E-state index in [0.29, 0.717) is 18.3 Å². The van der Waals surface area contributed by atoms with Crippen LogP contribution >= 0.6 is 11.6 Å². The Morgan fingerprint density at radius 3 is 3.05 bits per heavy atom. The quantitative estimate of drug-likeness (QED) is 0.935. The van der Waals surface area contributed by atoms with Gasteiger partial charge in [0.05, 0.1) is 5.41 Å². The number of likely N-dealkylation sites (tertiary alicyclic amines) is 1. The van der Waals surface area contributed by atoms with Crippen LogP contribution < -0.4 is 0 Å². The number of rotatable bonds is 3. The Morgan fingerprint density at radius 1 is 1.45 bits per heavy atom. The summed E-state index contributed by atoms with van der Waals surface area (Å²) in [5.74, 6) is -0.373. The van der Waals surface area contributed by atoms with E-state index in [4.69, 9.17) is 16.0 Å². The van der Waals surface area contributed by atoms with Gasteiger partial charge in [-0.1, -0.05) is 24.6 Å². The molecule has 22 heavy (non-hydrogen) atoms. The van der Waals surface area contributed by atoms with Crippen LogP contribution in [0.5, 0.6) is 0 Å². The van der Waals surface area contributed by atoms with Crippen LogP contribution in [-0.4, -0.2) is 29.1 Å². The number of furan rings is 1. The lowest BCUT2D eigenvalue weighted by atomic mass is 9.81. The molecule has 4 nitrogen and oxygen atoms in total. The summed E-state index contributed by atoms with van der Waals surface area (Å²) < 4.78 is 5.60. The lowest BCUT2D eigenvalue weighted by Crippen LogP contribution is -2.35. The van der Waals surface area contributed by atoms with Crippen molar-refractivity contribution in [1.29, 1.82) is 0 Å². The lowest BCUT2D eigenvalue weighted by molar-refractivity contribution is -0.149. The van der Waals surface area contributed by atoms with E-state index in [0.717, 1.165) is 42.3 Å². The predicted octanol–water partition coefficient (Wildman–Crippen LogP) is 3.77. The van der Waals surface area contributed by atoms with Crippen molar-refractivity contribution in [2.45, 2.75) is 25.8 Å². The molecule has 0 amide bonds. The van der Waals surface area contributed by atoms with Crippen LogP contribution in [0.25, 0.3) is 11.0 Å². The van der Waals surface area contributed by atoms with Gasteiger partial charge in [0.2, 0.25) is 0 Å². The maximum Gasteiger partial charge on any atom is 0.311 e. The maximum absolute atomic E-state index is 11.8. The molecule has 2 fully saturated rings. The summed E-state index contributed by atoms with van der Waals surface area (Å²) in [6.45, 7) is 2.10. The second-order valence-electron chi connectivity index (χ2n) is 6.57. The van der Waals surface area contributed by atoms with Crippen molar-refractivity contribution >= 4 is 28.5 Å². The fraction of sp³-hybridized carbons (Fsp3) is 0.471. The molecule has 0 radical (unpaired) electrons. The number of carbonyl (C=O) groups is 1. The number of para-hydroxylation sites is 1. The van der Waals surface area contributed by atoms with Crippen LogP contribution in [-0.2, 0) is 11.3 Å². The van der Waals surface area contributed by atoms with Crippen LogP contribution in [0.2, 0.25) is 5.22 Å². The third-order valence-electron chi connectivity index (χ3n) is 5.40. The smallest absolute Gasteiger partial charge is 0.311 e. The molecular formula is C17H18ClNO3. The minimum absolute atomic E-state index is 0.266. The van der Waals surface area contributed by atoms with Crippen LogP contribution in [0, 0.1) is 11.3 Å². The van der Waals surface area contributed by atoms with Crippen molar-refractivity contribution in [3.63, 3.8) is 0 Å². The summed E-state index contributed by atoms with van der Waals surface area (Å²) in [5, 5.41) is 11.1. The van der Waals surface area contributed by atoms with Gasteiger partial charge in [0, 0.05) is 30.6 Å². The second-order valence-corrected chi connectivity index (χ2v) is 6.91. The molecule has 1 N–H and O–H groups in total. The van der Waals surface area contributed by atoms with Crippen molar-refractivity contribution in [1.82, 2.24) is 4.90 Å². The molecule has 1 saturated carbocycles. The van der Waals surface area contributed by atoms with E-state index >= 15 is 0 Å². The van der Waals surface area contributed by atoms with E-state index in [1.807, 2.05) is 24.3 Å². The minimum atomic E-state index is -0.638. The SMILES string of the molecule is O=C(O)[C@@]12CCC[C@H]1CN(Cc1c(Cl)oc3ccccc13)C2. The van der Waals surface area contributed by atoms with E-state index < -0.39 is 11.4 Å². The Balaban J connectivity index is 1.62. The van der Waals surface area contributed by atoms with Crippen molar-refractivity contribution in [3.8, 4) is 0 Å². The highest BCUT2D eigenvalue weighted by atomic mass is 35.5. The fourth-order valence-corrected chi connectivity index (χ4v) is 4.55. The molecule has 2 aromatic rings. The molecule has 116 valence electrons. The van der Waals surface area contributed by atoms with Gasteiger partial charge in [-0.2, -0.15) is 0 Å². The van der Waals surface area contributed by atoms with Crippen LogP contribution in [0.3, 0.4) is 0 Å². The number of carboxylic acids is 1. The van der Waals surface area contributed by atoms with E-state index in [2.05, 4.69) is 4.90 Å². The fourth-order valence-electron chi connectivity index (χ4n) is 4.30. The Bertz CT molecular complexity index is 741. The molecule has 1 aromatic heterocycles. The predicted molar refractivity (Wildman–Crippen MR) is 83.9 cm³/mol. The number of halogens is 1. The topological polar surface area (TPSA) is 53.7 Å². The van der Waals surface area contributed by atoms with Gasteiger partial charge in [-0.15, -0.1) is 0 Å². The number of benzene rings is 1. The molecule has 2 aliphatic rings. The standard InChI is InChI=1S/C17H18ClNO3/c18-15-13(12-5-1-2-6-14(12)22-15)9-19-8-11-4-3-7-17(11,10-19)16(20)21/h1-2,5-6,11H,3-4,7-10H2,(H,20,21)/t11-,17+/m0/s1. The Kier molecular flexibility index (Phi) is 3.20. The third kappa shape index (κ3) is 1.97. The summed E-state index contributed by atoms with van der Waals surface area (Å²) in [6, 6.07) is 7.80. The molecule has 2 atom stereocenters. The molecule has 0 spiro atoms. The van der Waals surface area contributed by atoms with Crippen molar-refractivity contribution in [2.75, 3.05) is 13.1 Å². The Labute approximate surface area is 133 Å². The van der Waals surface area contributed by atoms with E-state index in [1.54, 1.807) is 0 Å². The highest BCUT2D eigenvalue weighted by Crippen LogP contribution is 2.49. The summed E-state index contributed by atoms with van der Waals surface area (Å²) in [5.41, 5.74) is 1.21. The van der Waals surface area contributed by atoms with Gasteiger partial charge in [-0.05, 0) is 36.4 Å². The molecule has 1 saturated heterocycles. The number of nitrogens with zero attached hydrogens (tertiary/aromatic N) is 1. The summed E-state index contributed by atoms with van der Waals surface area (Å²) in [6.07, 6.45) is 2.84. The zero-order valence-corrected chi connectivity index (χ0v) is 13.0. The number of hydrogen-bond donors (Lipinski definition) is 1.